The van der Waals surface area contributed by atoms with Crippen molar-refractivity contribution >= 4 is 23.3 Å². The Hall–Kier alpha value is -2.02. The first-order valence-electron chi connectivity index (χ1n) is 8.80. The number of aromatic nitrogens is 4. The molecule has 8 heteroatoms. The average molecular weight is 364 g/mol. The van der Waals surface area contributed by atoms with E-state index in [0.29, 0.717) is 16.5 Å². The Morgan fingerprint density at radius 2 is 1.88 bits per heavy atom. The number of anilines is 1. The lowest BCUT2D eigenvalue weighted by atomic mass is 9.87. The summed E-state index contributed by atoms with van der Waals surface area (Å²) in [6.45, 7) is 1.86. The van der Waals surface area contributed by atoms with Crippen molar-refractivity contribution in [1.82, 2.24) is 19.6 Å². The highest BCUT2D eigenvalue weighted by molar-refractivity contribution is 6.30. The standard InChI is InChI=1S/C17H22ClN5O2/c1-9-13(15(18)22(2)20-9)11-8-12(24)19-16-14(11)17(25)21-23(16)10-6-4-3-5-7-10/h10-11H,3-8H2,1-2H3,(H,19,24)(H,21,25)/t11-/m1/s1. The number of nitrogens with zero attached hydrogens (tertiary/aromatic N) is 3. The van der Waals surface area contributed by atoms with Crippen molar-refractivity contribution in [3.05, 3.63) is 32.3 Å². The number of halogens is 1. The van der Waals surface area contributed by atoms with Crippen LogP contribution in [0.15, 0.2) is 4.79 Å². The predicted molar refractivity (Wildman–Crippen MR) is 95.2 cm³/mol. The summed E-state index contributed by atoms with van der Waals surface area (Å²) in [5.74, 6) is 0.149. The van der Waals surface area contributed by atoms with Crippen molar-refractivity contribution < 1.29 is 4.79 Å². The third kappa shape index (κ3) is 2.61. The molecule has 0 saturated heterocycles. The zero-order valence-corrected chi connectivity index (χ0v) is 15.2. The summed E-state index contributed by atoms with van der Waals surface area (Å²) in [5.41, 5.74) is 1.98. The Balaban J connectivity index is 1.85. The van der Waals surface area contributed by atoms with Gasteiger partial charge in [-0.1, -0.05) is 30.9 Å². The minimum Gasteiger partial charge on any atom is -0.311 e. The van der Waals surface area contributed by atoms with Crippen LogP contribution in [0.4, 0.5) is 5.82 Å². The van der Waals surface area contributed by atoms with Crippen LogP contribution in [-0.2, 0) is 11.8 Å². The molecule has 25 heavy (non-hydrogen) atoms. The van der Waals surface area contributed by atoms with Gasteiger partial charge >= 0.3 is 0 Å². The summed E-state index contributed by atoms with van der Waals surface area (Å²) >= 11 is 6.42. The van der Waals surface area contributed by atoms with E-state index in [1.165, 1.54) is 6.42 Å². The van der Waals surface area contributed by atoms with E-state index in [2.05, 4.69) is 15.5 Å². The fraction of sp³-hybridized carbons (Fsp3) is 0.588. The van der Waals surface area contributed by atoms with Gasteiger partial charge in [0.25, 0.3) is 5.56 Å². The van der Waals surface area contributed by atoms with Crippen LogP contribution in [0.2, 0.25) is 5.15 Å². The van der Waals surface area contributed by atoms with Gasteiger partial charge in [-0.2, -0.15) is 5.10 Å². The van der Waals surface area contributed by atoms with Crippen LogP contribution in [0.1, 0.15) is 67.3 Å². The molecule has 2 aliphatic rings. The highest BCUT2D eigenvalue weighted by Gasteiger charge is 2.37. The molecule has 1 aliphatic carbocycles. The molecule has 0 radical (unpaired) electrons. The second-order valence-electron chi connectivity index (χ2n) is 7.08. The quantitative estimate of drug-likeness (QED) is 0.860. The Morgan fingerprint density at radius 3 is 2.52 bits per heavy atom. The summed E-state index contributed by atoms with van der Waals surface area (Å²) in [5, 5.41) is 10.7. The largest absolute Gasteiger partial charge is 0.311 e. The average Bonchev–Trinajstić information content (AvgIpc) is 3.04. The molecule has 0 unspecified atom stereocenters. The van der Waals surface area contributed by atoms with Crippen molar-refractivity contribution in [2.24, 2.45) is 7.05 Å². The SMILES string of the molecule is Cc1nn(C)c(Cl)c1[C@H]1CC(=O)Nc2c1c(=O)[nH]n2C1CCCCC1. The Morgan fingerprint density at radius 1 is 1.16 bits per heavy atom. The summed E-state index contributed by atoms with van der Waals surface area (Å²) in [6, 6.07) is 0.231. The van der Waals surface area contributed by atoms with Gasteiger partial charge < -0.3 is 5.32 Å². The zero-order valence-electron chi connectivity index (χ0n) is 14.4. The molecule has 7 nitrogen and oxygen atoms in total. The number of nitrogens with one attached hydrogen (secondary N) is 2. The zero-order chi connectivity index (χ0) is 17.7. The minimum atomic E-state index is -0.362. The number of H-pyrrole nitrogens is 1. The van der Waals surface area contributed by atoms with Gasteiger partial charge in [-0.05, 0) is 19.8 Å². The van der Waals surface area contributed by atoms with Crippen molar-refractivity contribution in [2.45, 2.75) is 57.4 Å². The van der Waals surface area contributed by atoms with Crippen LogP contribution in [0.5, 0.6) is 0 Å². The van der Waals surface area contributed by atoms with Crippen LogP contribution >= 0.6 is 11.6 Å². The second-order valence-corrected chi connectivity index (χ2v) is 7.44. The van der Waals surface area contributed by atoms with Gasteiger partial charge in [0.2, 0.25) is 5.91 Å². The molecule has 1 fully saturated rings. The molecular weight excluding hydrogens is 342 g/mol. The van der Waals surface area contributed by atoms with Crippen LogP contribution in [0.3, 0.4) is 0 Å². The number of amides is 1. The number of hydrogen-bond acceptors (Lipinski definition) is 3. The molecule has 0 spiro atoms. The number of carbonyl (C=O) groups is 1. The van der Waals surface area contributed by atoms with Gasteiger partial charge in [-0.15, -0.1) is 0 Å². The van der Waals surface area contributed by atoms with E-state index in [1.54, 1.807) is 11.7 Å². The van der Waals surface area contributed by atoms with Crippen LogP contribution in [0.25, 0.3) is 0 Å². The van der Waals surface area contributed by atoms with Crippen molar-refractivity contribution in [3.63, 3.8) is 0 Å². The molecule has 0 aromatic carbocycles. The maximum atomic E-state index is 12.7. The van der Waals surface area contributed by atoms with E-state index in [1.807, 2.05) is 11.6 Å². The van der Waals surface area contributed by atoms with E-state index >= 15 is 0 Å². The van der Waals surface area contributed by atoms with E-state index in [-0.39, 0.29) is 29.8 Å². The number of fused-ring (bicyclic) bond motifs is 1. The van der Waals surface area contributed by atoms with Crippen LogP contribution < -0.4 is 10.9 Å². The number of aromatic amines is 1. The molecule has 1 aliphatic heterocycles. The monoisotopic (exact) mass is 363 g/mol. The smallest absolute Gasteiger partial charge is 0.270 e. The van der Waals surface area contributed by atoms with E-state index in [4.69, 9.17) is 11.6 Å². The first-order valence-corrected chi connectivity index (χ1v) is 9.18. The number of carbonyl (C=O) groups excluding carboxylic acids is 1. The third-order valence-corrected chi connectivity index (χ3v) is 5.89. The summed E-state index contributed by atoms with van der Waals surface area (Å²) in [7, 11) is 1.76. The van der Waals surface area contributed by atoms with Gasteiger partial charge in [-0.3, -0.25) is 24.1 Å². The molecular formula is C17H22ClN5O2. The molecule has 1 amide bonds. The van der Waals surface area contributed by atoms with Crippen molar-refractivity contribution in [1.29, 1.82) is 0 Å². The first kappa shape index (κ1) is 16.4. The van der Waals surface area contributed by atoms with Gasteiger partial charge in [0.05, 0.1) is 17.3 Å². The lowest BCUT2D eigenvalue weighted by Crippen LogP contribution is -2.28. The fourth-order valence-corrected chi connectivity index (χ4v) is 4.59. The fourth-order valence-electron chi connectivity index (χ4n) is 4.29. The lowest BCUT2D eigenvalue weighted by Gasteiger charge is -2.28. The van der Waals surface area contributed by atoms with Crippen molar-refractivity contribution in [3.8, 4) is 0 Å². The highest BCUT2D eigenvalue weighted by Crippen LogP contribution is 2.41. The van der Waals surface area contributed by atoms with E-state index in [9.17, 15) is 9.59 Å². The lowest BCUT2D eigenvalue weighted by molar-refractivity contribution is -0.116. The Kier molecular flexibility index (Phi) is 3.98. The van der Waals surface area contributed by atoms with Gasteiger partial charge in [0.15, 0.2) is 0 Å². The predicted octanol–water partition coefficient (Wildman–Crippen LogP) is 2.85. The van der Waals surface area contributed by atoms with E-state index < -0.39 is 0 Å². The number of aryl methyl sites for hydroxylation is 2. The van der Waals surface area contributed by atoms with Crippen LogP contribution in [0, 0.1) is 6.92 Å². The maximum Gasteiger partial charge on any atom is 0.270 e. The van der Waals surface area contributed by atoms with Gasteiger partial charge in [0.1, 0.15) is 11.0 Å². The van der Waals surface area contributed by atoms with Gasteiger partial charge in [0, 0.05) is 24.9 Å². The Labute approximate surface area is 150 Å². The van der Waals surface area contributed by atoms with Crippen LogP contribution in [-0.4, -0.2) is 25.5 Å². The molecule has 1 atom stereocenters. The summed E-state index contributed by atoms with van der Waals surface area (Å²) < 4.78 is 3.46. The molecule has 1 saturated carbocycles. The van der Waals surface area contributed by atoms with Crippen molar-refractivity contribution in [2.75, 3.05) is 5.32 Å². The normalized spacial score (nSPS) is 21.2. The molecule has 3 heterocycles. The highest BCUT2D eigenvalue weighted by atomic mass is 35.5. The van der Waals surface area contributed by atoms with E-state index in [0.717, 1.165) is 36.9 Å². The topological polar surface area (TPSA) is 84.7 Å². The molecule has 2 aromatic heterocycles. The maximum absolute atomic E-state index is 12.7. The number of rotatable bonds is 2. The molecule has 134 valence electrons. The number of hydrogen-bond donors (Lipinski definition) is 2. The second kappa shape index (κ2) is 6.05. The summed E-state index contributed by atoms with van der Waals surface area (Å²) in [4.78, 5) is 25.1. The molecule has 2 aromatic rings. The minimum absolute atomic E-state index is 0.0969. The van der Waals surface area contributed by atoms with Gasteiger partial charge in [-0.25, -0.2) is 0 Å². The summed E-state index contributed by atoms with van der Waals surface area (Å²) in [6.07, 6.45) is 5.75. The Bertz CT molecular complexity index is 888. The molecule has 2 N–H and O–H groups in total. The molecule has 0 bridgehead atoms. The molecule has 4 rings (SSSR count). The third-order valence-electron chi connectivity index (χ3n) is 5.44. The first-order chi connectivity index (χ1) is 12.0.